The first-order valence-electron chi connectivity index (χ1n) is 5.58. The molecular weight excluding hydrogens is 234 g/mol. The predicted octanol–water partition coefficient (Wildman–Crippen LogP) is 2.78. The number of aryl methyl sites for hydroxylation is 1. The van der Waals surface area contributed by atoms with E-state index in [-0.39, 0.29) is 6.61 Å². The average Bonchev–Trinajstić information content (AvgIpc) is 2.84. The number of ether oxygens (including phenoxy) is 1. The molecule has 0 saturated carbocycles. The highest BCUT2D eigenvalue weighted by Crippen LogP contribution is 2.21. The average molecular weight is 249 g/mol. The van der Waals surface area contributed by atoms with Gasteiger partial charge < -0.3 is 9.84 Å². The van der Waals surface area contributed by atoms with Crippen molar-refractivity contribution >= 4 is 11.3 Å². The molecular formula is C13H15NO2S. The molecule has 1 heterocycles. The topological polar surface area (TPSA) is 42.4 Å². The number of hydrogen-bond acceptors (Lipinski definition) is 4. The van der Waals surface area contributed by atoms with Crippen molar-refractivity contribution in [2.75, 3.05) is 0 Å². The van der Waals surface area contributed by atoms with Crippen molar-refractivity contribution in [2.45, 2.75) is 26.6 Å². The molecule has 0 aliphatic rings. The Bertz CT molecular complexity index is 482. The van der Waals surface area contributed by atoms with Gasteiger partial charge in [0.2, 0.25) is 0 Å². The number of benzene rings is 1. The van der Waals surface area contributed by atoms with E-state index in [1.807, 2.05) is 18.2 Å². The van der Waals surface area contributed by atoms with E-state index in [1.165, 1.54) is 16.9 Å². The standard InChI is InChI=1S/C13H15NO2S/c1-2-10-5-3-4-6-12(10)16-9-13-14-7-11(8-15)17-13/h3-7,15H,2,8-9H2,1H3. The third kappa shape index (κ3) is 3.05. The van der Waals surface area contributed by atoms with Gasteiger partial charge in [-0.05, 0) is 18.1 Å². The first kappa shape index (κ1) is 12.1. The third-order valence-electron chi connectivity index (χ3n) is 2.46. The molecule has 1 N–H and O–H groups in total. The molecule has 0 amide bonds. The maximum absolute atomic E-state index is 8.95. The minimum atomic E-state index is 0.0449. The van der Waals surface area contributed by atoms with Gasteiger partial charge in [0.15, 0.2) is 0 Å². The summed E-state index contributed by atoms with van der Waals surface area (Å²) in [4.78, 5) is 5.06. The number of thiazole rings is 1. The Labute approximate surface area is 105 Å². The summed E-state index contributed by atoms with van der Waals surface area (Å²) in [6.45, 7) is 2.61. The molecule has 0 unspecified atom stereocenters. The van der Waals surface area contributed by atoms with Gasteiger partial charge >= 0.3 is 0 Å². The summed E-state index contributed by atoms with van der Waals surface area (Å²) in [5.41, 5.74) is 1.20. The van der Waals surface area contributed by atoms with E-state index < -0.39 is 0 Å². The molecule has 2 rings (SSSR count). The maximum Gasteiger partial charge on any atom is 0.140 e. The summed E-state index contributed by atoms with van der Waals surface area (Å²) in [5, 5.41) is 9.84. The van der Waals surface area contributed by atoms with Gasteiger partial charge in [-0.1, -0.05) is 25.1 Å². The van der Waals surface area contributed by atoms with Crippen LogP contribution in [0, 0.1) is 0 Å². The Kier molecular flexibility index (Phi) is 4.12. The maximum atomic E-state index is 8.95. The van der Waals surface area contributed by atoms with Crippen molar-refractivity contribution in [3.8, 4) is 5.75 Å². The molecule has 0 fully saturated rings. The zero-order valence-electron chi connectivity index (χ0n) is 9.72. The van der Waals surface area contributed by atoms with Gasteiger partial charge in [-0.3, -0.25) is 0 Å². The quantitative estimate of drug-likeness (QED) is 0.886. The SMILES string of the molecule is CCc1ccccc1OCc1ncc(CO)s1. The van der Waals surface area contributed by atoms with Crippen LogP contribution in [0.1, 0.15) is 22.4 Å². The number of aromatic nitrogens is 1. The van der Waals surface area contributed by atoms with E-state index in [0.29, 0.717) is 6.61 Å². The van der Waals surface area contributed by atoms with Gasteiger partial charge in [0.05, 0.1) is 11.5 Å². The van der Waals surface area contributed by atoms with E-state index in [1.54, 1.807) is 6.20 Å². The molecule has 90 valence electrons. The molecule has 0 aliphatic carbocycles. The largest absolute Gasteiger partial charge is 0.486 e. The Morgan fingerprint density at radius 1 is 1.35 bits per heavy atom. The number of rotatable bonds is 5. The lowest BCUT2D eigenvalue weighted by Crippen LogP contribution is -1.97. The first-order valence-corrected chi connectivity index (χ1v) is 6.40. The number of nitrogens with zero attached hydrogens (tertiary/aromatic N) is 1. The van der Waals surface area contributed by atoms with E-state index >= 15 is 0 Å². The number of aliphatic hydroxyl groups excluding tert-OH is 1. The van der Waals surface area contributed by atoms with E-state index in [0.717, 1.165) is 22.1 Å². The Morgan fingerprint density at radius 3 is 2.88 bits per heavy atom. The second kappa shape index (κ2) is 5.80. The van der Waals surface area contributed by atoms with Crippen molar-refractivity contribution in [3.05, 3.63) is 45.9 Å². The lowest BCUT2D eigenvalue weighted by atomic mass is 10.1. The van der Waals surface area contributed by atoms with Gasteiger partial charge in [0, 0.05) is 6.20 Å². The molecule has 0 spiro atoms. The van der Waals surface area contributed by atoms with Crippen LogP contribution in [-0.4, -0.2) is 10.1 Å². The summed E-state index contributed by atoms with van der Waals surface area (Å²) in [7, 11) is 0. The lowest BCUT2D eigenvalue weighted by molar-refractivity contribution is 0.285. The summed E-state index contributed by atoms with van der Waals surface area (Å²) < 4.78 is 5.74. The van der Waals surface area contributed by atoms with Crippen LogP contribution in [0.15, 0.2) is 30.5 Å². The van der Waals surface area contributed by atoms with Gasteiger partial charge in [0.1, 0.15) is 17.4 Å². The summed E-state index contributed by atoms with van der Waals surface area (Å²) in [6, 6.07) is 8.02. The summed E-state index contributed by atoms with van der Waals surface area (Å²) in [6.07, 6.45) is 2.64. The van der Waals surface area contributed by atoms with Crippen LogP contribution in [0.4, 0.5) is 0 Å². The van der Waals surface area contributed by atoms with E-state index in [4.69, 9.17) is 9.84 Å². The number of aliphatic hydroxyl groups is 1. The minimum Gasteiger partial charge on any atom is -0.486 e. The fourth-order valence-electron chi connectivity index (χ4n) is 1.56. The van der Waals surface area contributed by atoms with Gasteiger partial charge in [-0.25, -0.2) is 4.98 Å². The minimum absolute atomic E-state index is 0.0449. The van der Waals surface area contributed by atoms with Gasteiger partial charge in [-0.2, -0.15) is 0 Å². The molecule has 2 aromatic rings. The smallest absolute Gasteiger partial charge is 0.140 e. The second-order valence-corrected chi connectivity index (χ2v) is 4.83. The molecule has 3 nitrogen and oxygen atoms in total. The number of para-hydroxylation sites is 1. The zero-order chi connectivity index (χ0) is 12.1. The van der Waals surface area contributed by atoms with Crippen LogP contribution in [0.3, 0.4) is 0 Å². The monoisotopic (exact) mass is 249 g/mol. The summed E-state index contributed by atoms with van der Waals surface area (Å²) >= 11 is 1.48. The second-order valence-electron chi connectivity index (χ2n) is 3.63. The molecule has 0 saturated heterocycles. The molecule has 0 radical (unpaired) electrons. The van der Waals surface area contributed by atoms with Crippen molar-refractivity contribution < 1.29 is 9.84 Å². The highest BCUT2D eigenvalue weighted by atomic mass is 32.1. The highest BCUT2D eigenvalue weighted by molar-refractivity contribution is 7.11. The lowest BCUT2D eigenvalue weighted by Gasteiger charge is -2.08. The van der Waals surface area contributed by atoms with Crippen LogP contribution < -0.4 is 4.74 Å². The normalized spacial score (nSPS) is 10.5. The number of hydrogen-bond donors (Lipinski definition) is 1. The molecule has 0 bridgehead atoms. The fourth-order valence-corrected chi connectivity index (χ4v) is 2.26. The van der Waals surface area contributed by atoms with Crippen LogP contribution in [0.2, 0.25) is 0 Å². The highest BCUT2D eigenvalue weighted by Gasteiger charge is 2.04. The van der Waals surface area contributed by atoms with Crippen LogP contribution >= 0.6 is 11.3 Å². The Hall–Kier alpha value is -1.39. The van der Waals surface area contributed by atoms with Gasteiger partial charge in [0.25, 0.3) is 0 Å². The summed E-state index contributed by atoms with van der Waals surface area (Å²) in [5.74, 6) is 0.913. The Morgan fingerprint density at radius 2 is 2.18 bits per heavy atom. The van der Waals surface area contributed by atoms with Crippen molar-refractivity contribution in [1.82, 2.24) is 4.98 Å². The van der Waals surface area contributed by atoms with Crippen LogP contribution in [-0.2, 0) is 19.6 Å². The first-order chi connectivity index (χ1) is 8.33. The molecule has 0 aliphatic heterocycles. The molecule has 1 aromatic carbocycles. The predicted molar refractivity (Wildman–Crippen MR) is 68.2 cm³/mol. The fraction of sp³-hybridized carbons (Fsp3) is 0.308. The van der Waals surface area contributed by atoms with Crippen molar-refractivity contribution in [1.29, 1.82) is 0 Å². The van der Waals surface area contributed by atoms with Crippen LogP contribution in [0.25, 0.3) is 0 Å². The molecule has 0 atom stereocenters. The van der Waals surface area contributed by atoms with E-state index in [9.17, 15) is 0 Å². The van der Waals surface area contributed by atoms with E-state index in [2.05, 4.69) is 18.0 Å². The van der Waals surface area contributed by atoms with Crippen molar-refractivity contribution in [3.63, 3.8) is 0 Å². The Balaban J connectivity index is 2.01. The molecule has 1 aromatic heterocycles. The zero-order valence-corrected chi connectivity index (χ0v) is 10.5. The molecule has 17 heavy (non-hydrogen) atoms. The van der Waals surface area contributed by atoms with Gasteiger partial charge in [-0.15, -0.1) is 11.3 Å². The van der Waals surface area contributed by atoms with Crippen LogP contribution in [0.5, 0.6) is 5.75 Å². The van der Waals surface area contributed by atoms with Crippen molar-refractivity contribution in [2.24, 2.45) is 0 Å². The third-order valence-corrected chi connectivity index (χ3v) is 3.42. The molecule has 4 heteroatoms.